The molecule has 0 spiro atoms. The van der Waals surface area contributed by atoms with Gasteiger partial charge in [-0.05, 0) is 75.7 Å². The maximum absolute atomic E-state index is 9.13. The third kappa shape index (κ3) is 3.59. The third-order valence-electron chi connectivity index (χ3n) is 8.40. The van der Waals surface area contributed by atoms with Crippen molar-refractivity contribution in [2.75, 3.05) is 9.80 Å². The Morgan fingerprint density at radius 2 is 1.30 bits per heavy atom. The van der Waals surface area contributed by atoms with Gasteiger partial charge in [0.25, 0.3) is 6.71 Å². The number of benzene rings is 5. The lowest BCUT2D eigenvalue weighted by Gasteiger charge is -2.42. The van der Waals surface area contributed by atoms with Gasteiger partial charge in [0.15, 0.2) is 0 Å². The first-order chi connectivity index (χ1) is 25.1. The topological polar surface area (TPSA) is 6.48 Å². The average molecular weight is 599 g/mol. The van der Waals surface area contributed by atoms with E-state index in [-0.39, 0.29) is 41.0 Å². The van der Waals surface area contributed by atoms with E-state index in [1.807, 2.05) is 42.5 Å². The van der Waals surface area contributed by atoms with Gasteiger partial charge in [-0.1, -0.05) is 93.4 Å². The van der Waals surface area contributed by atoms with Crippen LogP contribution in [0, 0.1) is 0 Å². The number of hydrogen-bond acceptors (Lipinski definition) is 4. The minimum atomic E-state index is -0.486. The van der Waals surface area contributed by atoms with Crippen molar-refractivity contribution in [3.8, 4) is 0 Å². The van der Waals surface area contributed by atoms with Crippen molar-refractivity contribution in [3.63, 3.8) is 0 Å². The zero-order chi connectivity index (χ0) is 37.6. The lowest BCUT2D eigenvalue weighted by atomic mass is 9.36. The van der Waals surface area contributed by atoms with E-state index < -0.39 is 43.0 Å². The Labute approximate surface area is 274 Å². The van der Waals surface area contributed by atoms with Crippen molar-refractivity contribution in [2.24, 2.45) is 0 Å². The number of anilines is 6. The number of nitrogens with zero attached hydrogens (tertiary/aromatic N) is 2. The van der Waals surface area contributed by atoms with E-state index >= 15 is 0 Å². The van der Waals surface area contributed by atoms with Crippen LogP contribution in [-0.4, -0.2) is 6.71 Å². The smallest absolute Gasteiger partial charge is 0.266 e. The van der Waals surface area contributed by atoms with E-state index in [1.54, 1.807) is 21.1 Å². The molecule has 5 heteroatoms. The second-order valence-corrected chi connectivity index (χ2v) is 14.0. The third-order valence-corrected chi connectivity index (χ3v) is 10.8. The van der Waals surface area contributed by atoms with Gasteiger partial charge in [-0.3, -0.25) is 0 Å². The number of rotatable bonds is 2. The fraction of sp³-hybridized carbons (Fsp3) is 0.105. The molecule has 0 aliphatic carbocycles. The number of hydrogen-bond donors (Lipinski definition) is 0. The molecule has 0 radical (unpaired) electrons. The van der Waals surface area contributed by atoms with Crippen LogP contribution in [0.15, 0.2) is 121 Å². The Bertz CT molecular complexity index is 2710. The van der Waals surface area contributed by atoms with Crippen LogP contribution in [-0.2, 0) is 5.41 Å². The average Bonchev–Trinajstić information content (AvgIpc) is 3.71. The van der Waals surface area contributed by atoms with Crippen LogP contribution in [0.1, 0.15) is 40.0 Å². The van der Waals surface area contributed by atoms with E-state index in [1.165, 1.54) is 11.3 Å². The van der Waals surface area contributed by atoms with Gasteiger partial charge in [-0.2, -0.15) is 0 Å². The SMILES string of the molecule is [2H]c1c([2H])c([2H])c(N2c3cccc4c3B(c3sc5ccccc5c3N4c3c([2H])c([2H])c([2H])c([2H])c3[2H])c3c2sc2ccc(C(C)(C)C)cc32)c([2H])c1[2H]. The van der Waals surface area contributed by atoms with Crippen molar-refractivity contribution >= 4 is 98.7 Å². The Hall–Kier alpha value is -4.32. The maximum Gasteiger partial charge on any atom is 0.266 e. The molecule has 9 rings (SSSR count). The molecule has 43 heavy (non-hydrogen) atoms. The molecule has 0 unspecified atom stereocenters. The van der Waals surface area contributed by atoms with E-state index in [4.69, 9.17) is 13.7 Å². The Balaban J connectivity index is 1.48. The minimum Gasteiger partial charge on any atom is -0.310 e. The molecule has 206 valence electrons. The molecule has 0 saturated heterocycles. The van der Waals surface area contributed by atoms with Crippen LogP contribution < -0.4 is 25.5 Å². The van der Waals surface area contributed by atoms with Crippen LogP contribution in [0.2, 0.25) is 0 Å². The number of fused-ring (bicyclic) bond motifs is 8. The van der Waals surface area contributed by atoms with Crippen LogP contribution in [0.5, 0.6) is 0 Å². The summed E-state index contributed by atoms with van der Waals surface area (Å²) in [6, 6.07) is 15.8. The van der Waals surface area contributed by atoms with Gasteiger partial charge in [-0.15, -0.1) is 22.7 Å². The number of thiophene rings is 2. The van der Waals surface area contributed by atoms with Crippen molar-refractivity contribution < 1.29 is 13.7 Å². The zero-order valence-corrected chi connectivity index (χ0v) is 25.2. The first-order valence-corrected chi connectivity index (χ1v) is 15.7. The highest BCUT2D eigenvalue weighted by atomic mass is 32.1. The van der Waals surface area contributed by atoms with E-state index in [9.17, 15) is 0 Å². The van der Waals surface area contributed by atoms with E-state index in [0.717, 1.165) is 52.1 Å². The Morgan fingerprint density at radius 1 is 0.651 bits per heavy atom. The molecule has 0 saturated carbocycles. The molecule has 0 fully saturated rings. The Kier molecular flexibility index (Phi) is 3.62. The van der Waals surface area contributed by atoms with E-state index in [0.29, 0.717) is 11.4 Å². The lowest BCUT2D eigenvalue weighted by molar-refractivity contribution is 0.591. The summed E-state index contributed by atoms with van der Waals surface area (Å²) in [5.74, 6) is 0. The van der Waals surface area contributed by atoms with Crippen LogP contribution >= 0.6 is 22.7 Å². The predicted octanol–water partition coefficient (Wildman–Crippen LogP) is 9.50. The van der Waals surface area contributed by atoms with Crippen molar-refractivity contribution in [1.29, 1.82) is 0 Å². The molecule has 7 aromatic rings. The summed E-state index contributed by atoms with van der Waals surface area (Å²) in [7, 11) is 0. The number of para-hydroxylation sites is 2. The molecular formula is C38H29BN2S2. The molecule has 0 atom stereocenters. The normalized spacial score (nSPS) is 17.0. The molecule has 0 bridgehead atoms. The van der Waals surface area contributed by atoms with Crippen molar-refractivity contribution in [1.82, 2.24) is 0 Å². The van der Waals surface area contributed by atoms with Crippen LogP contribution in [0.25, 0.3) is 20.2 Å². The molecule has 2 aliphatic rings. The first kappa shape index (κ1) is 17.1. The summed E-state index contributed by atoms with van der Waals surface area (Å²) in [5, 5.41) is 2.60. The molecule has 2 nitrogen and oxygen atoms in total. The summed E-state index contributed by atoms with van der Waals surface area (Å²) in [4.78, 5) is 3.56. The standard InChI is InChI=1S/C38H29BN2S2/c1-38(2,3)24-21-22-32-28(23-24)33-37(43-32)41(26-15-8-5-9-16-26)30-19-12-18-29-34(30)39(33)36-35(27-17-10-11-20-31(27)42-36)40(29)25-13-6-4-7-14-25/h4-23H,1-3H3/i4D,5D,6D,7D,8D,9D,13D,14D,15D,16D. The maximum atomic E-state index is 9.13. The van der Waals surface area contributed by atoms with E-state index in [2.05, 4.69) is 39.0 Å². The lowest BCUT2D eigenvalue weighted by Crippen LogP contribution is -2.60. The summed E-state index contributed by atoms with van der Waals surface area (Å²) < 4.78 is 90.6. The van der Waals surface area contributed by atoms with Crippen LogP contribution in [0.4, 0.5) is 33.4 Å². The van der Waals surface area contributed by atoms with Gasteiger partial charge in [0.2, 0.25) is 0 Å². The first-order valence-electron chi connectivity index (χ1n) is 19.1. The van der Waals surface area contributed by atoms with Gasteiger partial charge < -0.3 is 9.80 Å². The molecule has 0 amide bonds. The molecule has 5 aromatic carbocycles. The van der Waals surface area contributed by atoms with Crippen molar-refractivity contribution in [3.05, 3.63) is 127 Å². The second kappa shape index (κ2) is 9.09. The monoisotopic (exact) mass is 598 g/mol. The quantitative estimate of drug-likeness (QED) is 0.183. The molecule has 4 heterocycles. The minimum absolute atomic E-state index is 0.0120. The fourth-order valence-corrected chi connectivity index (χ4v) is 9.07. The van der Waals surface area contributed by atoms with Gasteiger partial charge in [0.05, 0.1) is 24.4 Å². The molecule has 2 aromatic heterocycles. The summed E-state index contributed by atoms with van der Waals surface area (Å²) in [6.07, 6.45) is 0. The van der Waals surface area contributed by atoms with Crippen LogP contribution in [0.3, 0.4) is 0 Å². The molecule has 2 aliphatic heterocycles. The summed E-state index contributed by atoms with van der Waals surface area (Å²) in [5.41, 5.74) is 4.54. The molecular weight excluding hydrogens is 559 g/mol. The second-order valence-electron chi connectivity index (χ2n) is 11.9. The van der Waals surface area contributed by atoms with Gasteiger partial charge >= 0.3 is 0 Å². The highest BCUT2D eigenvalue weighted by Crippen LogP contribution is 2.50. The summed E-state index contributed by atoms with van der Waals surface area (Å²) in [6.45, 7) is 6.07. The highest BCUT2D eigenvalue weighted by Gasteiger charge is 2.46. The molecule has 0 N–H and O–H groups in total. The zero-order valence-electron chi connectivity index (χ0n) is 33.6. The van der Waals surface area contributed by atoms with Gasteiger partial charge in [0.1, 0.15) is 0 Å². The summed E-state index contributed by atoms with van der Waals surface area (Å²) >= 11 is 3.10. The largest absolute Gasteiger partial charge is 0.310 e. The highest BCUT2D eigenvalue weighted by molar-refractivity contribution is 7.35. The fourth-order valence-electron chi connectivity index (χ4n) is 6.52. The van der Waals surface area contributed by atoms with Gasteiger partial charge in [-0.25, -0.2) is 0 Å². The Morgan fingerprint density at radius 3 is 2.02 bits per heavy atom. The van der Waals surface area contributed by atoms with Crippen molar-refractivity contribution in [2.45, 2.75) is 26.2 Å². The van der Waals surface area contributed by atoms with Gasteiger partial charge in [0, 0.05) is 42.3 Å². The predicted molar refractivity (Wildman–Crippen MR) is 190 cm³/mol.